The van der Waals surface area contributed by atoms with E-state index in [2.05, 4.69) is 15.3 Å². The van der Waals surface area contributed by atoms with Gasteiger partial charge in [0.1, 0.15) is 17.2 Å². The number of ether oxygens (including phenoxy) is 2. The van der Waals surface area contributed by atoms with E-state index in [1.807, 2.05) is 0 Å². The third-order valence-corrected chi connectivity index (χ3v) is 4.84. The molecule has 0 spiro atoms. The molecule has 0 radical (unpaired) electrons. The summed E-state index contributed by atoms with van der Waals surface area (Å²) in [6.45, 7) is 1.46. The quantitative estimate of drug-likeness (QED) is 0.638. The highest BCUT2D eigenvalue weighted by Crippen LogP contribution is 2.28. The molecule has 156 valence electrons. The van der Waals surface area contributed by atoms with E-state index in [4.69, 9.17) is 9.47 Å². The maximum absolute atomic E-state index is 15.1. The maximum Gasteiger partial charge on any atom is 0.322 e. The molecule has 10 heteroatoms. The fraction of sp³-hybridized carbons (Fsp3) is 0.250. The Morgan fingerprint density at radius 2 is 2.03 bits per heavy atom. The van der Waals surface area contributed by atoms with Crippen LogP contribution in [0.15, 0.2) is 30.6 Å². The minimum atomic E-state index is -1.15. The molecule has 1 aliphatic heterocycles. The van der Waals surface area contributed by atoms with Crippen LogP contribution in [0, 0.1) is 11.6 Å². The van der Waals surface area contributed by atoms with Crippen LogP contribution >= 0.6 is 0 Å². The van der Waals surface area contributed by atoms with E-state index in [0.717, 1.165) is 12.1 Å². The number of carbonyl (C=O) groups excluding carboxylic acids is 2. The summed E-state index contributed by atoms with van der Waals surface area (Å²) in [4.78, 5) is 33.7. The van der Waals surface area contributed by atoms with Crippen LogP contribution in [0.5, 0.6) is 5.75 Å². The molecular formula is C20H18F2N4O4. The van der Waals surface area contributed by atoms with Gasteiger partial charge in [-0.05, 0) is 18.2 Å². The van der Waals surface area contributed by atoms with Crippen LogP contribution in [0.2, 0.25) is 0 Å². The average Bonchev–Trinajstić information content (AvgIpc) is 3.19. The molecule has 8 nitrogen and oxygen atoms in total. The Labute approximate surface area is 169 Å². The van der Waals surface area contributed by atoms with E-state index in [1.165, 1.54) is 24.4 Å². The van der Waals surface area contributed by atoms with Gasteiger partial charge in [-0.3, -0.25) is 4.79 Å². The van der Waals surface area contributed by atoms with Gasteiger partial charge in [0.05, 0.1) is 37.8 Å². The first-order valence-corrected chi connectivity index (χ1v) is 9.17. The van der Waals surface area contributed by atoms with Crippen molar-refractivity contribution in [2.24, 2.45) is 0 Å². The molecule has 0 bridgehead atoms. The Balaban J connectivity index is 1.68. The lowest BCUT2D eigenvalue weighted by molar-refractivity contribution is 0.0564. The molecule has 1 saturated heterocycles. The Bertz CT molecular complexity index is 1130. The van der Waals surface area contributed by atoms with E-state index in [0.29, 0.717) is 43.1 Å². The van der Waals surface area contributed by atoms with Crippen molar-refractivity contribution >= 4 is 28.5 Å². The number of H-pyrrole nitrogens is 1. The predicted octanol–water partition coefficient (Wildman–Crippen LogP) is 2.94. The number of hydrogen-bond acceptors (Lipinski definition) is 5. The second-order valence-electron chi connectivity index (χ2n) is 6.62. The minimum Gasteiger partial charge on any atom is -0.495 e. The number of amides is 2. The second kappa shape index (κ2) is 8.07. The lowest BCUT2D eigenvalue weighted by Crippen LogP contribution is -2.43. The van der Waals surface area contributed by atoms with Gasteiger partial charge in [-0.2, -0.15) is 0 Å². The number of morpholine rings is 1. The number of aromatic amines is 1. The monoisotopic (exact) mass is 416 g/mol. The van der Waals surface area contributed by atoms with Crippen molar-refractivity contribution in [3.05, 3.63) is 53.4 Å². The van der Waals surface area contributed by atoms with Crippen LogP contribution in [0.3, 0.4) is 0 Å². The molecule has 3 heterocycles. The standard InChI is InChI=1S/C20H18F2N4O4/c1-29-11-8-12-13(10-24-19(12)23-9-11)18(27)16-14(21)2-3-15(17(16)22)25-20(28)26-4-6-30-7-5-26/h2-3,8-10H,4-7H2,1H3,(H,23,24)(H,25,28). The number of pyridine rings is 1. The molecule has 1 fully saturated rings. The van der Waals surface area contributed by atoms with Gasteiger partial charge in [-0.15, -0.1) is 0 Å². The normalized spacial score (nSPS) is 14.0. The van der Waals surface area contributed by atoms with Gasteiger partial charge in [-0.25, -0.2) is 18.6 Å². The van der Waals surface area contributed by atoms with E-state index >= 15 is 4.39 Å². The van der Waals surface area contributed by atoms with Crippen LogP contribution in [-0.4, -0.2) is 60.1 Å². The maximum atomic E-state index is 15.1. The van der Waals surface area contributed by atoms with E-state index < -0.39 is 29.0 Å². The number of halogens is 2. The van der Waals surface area contributed by atoms with Gasteiger partial charge < -0.3 is 24.7 Å². The van der Waals surface area contributed by atoms with Crippen molar-refractivity contribution in [3.8, 4) is 5.75 Å². The zero-order chi connectivity index (χ0) is 21.3. The Morgan fingerprint density at radius 1 is 1.27 bits per heavy atom. The van der Waals surface area contributed by atoms with Crippen LogP contribution in [-0.2, 0) is 4.74 Å². The Hall–Kier alpha value is -3.53. The summed E-state index contributed by atoms with van der Waals surface area (Å²) in [5, 5.41) is 2.76. The summed E-state index contributed by atoms with van der Waals surface area (Å²) in [6.07, 6.45) is 2.79. The van der Waals surface area contributed by atoms with Gasteiger partial charge in [0.15, 0.2) is 5.82 Å². The molecule has 2 aromatic heterocycles. The summed E-state index contributed by atoms with van der Waals surface area (Å²) >= 11 is 0. The number of urea groups is 1. The second-order valence-corrected chi connectivity index (χ2v) is 6.62. The van der Waals surface area contributed by atoms with E-state index in [1.54, 1.807) is 6.07 Å². The topological polar surface area (TPSA) is 96.5 Å². The fourth-order valence-electron chi connectivity index (χ4n) is 3.24. The van der Waals surface area contributed by atoms with Gasteiger partial charge in [0, 0.05) is 30.2 Å². The van der Waals surface area contributed by atoms with Crippen LogP contribution in [0.4, 0.5) is 19.3 Å². The number of ketones is 1. The Kier molecular flexibility index (Phi) is 5.32. The number of nitrogens with one attached hydrogen (secondary N) is 2. The number of methoxy groups -OCH3 is 1. The largest absolute Gasteiger partial charge is 0.495 e. The molecule has 2 amide bonds. The number of rotatable bonds is 4. The molecule has 0 unspecified atom stereocenters. The summed E-state index contributed by atoms with van der Waals surface area (Å²) in [5.41, 5.74) is -0.645. The minimum absolute atomic E-state index is 0.0332. The molecule has 30 heavy (non-hydrogen) atoms. The molecule has 2 N–H and O–H groups in total. The molecule has 0 aliphatic carbocycles. The highest BCUT2D eigenvalue weighted by atomic mass is 19.1. The van der Waals surface area contributed by atoms with Crippen molar-refractivity contribution in [3.63, 3.8) is 0 Å². The van der Waals surface area contributed by atoms with E-state index in [9.17, 15) is 14.0 Å². The number of nitrogens with zero attached hydrogens (tertiary/aromatic N) is 2. The van der Waals surface area contributed by atoms with Gasteiger partial charge in [0.25, 0.3) is 0 Å². The number of carbonyl (C=O) groups is 2. The highest BCUT2D eigenvalue weighted by molar-refractivity contribution is 6.16. The summed E-state index contributed by atoms with van der Waals surface area (Å²) < 4.78 is 39.8. The first kappa shape index (κ1) is 19.8. The van der Waals surface area contributed by atoms with E-state index in [-0.39, 0.29) is 11.3 Å². The van der Waals surface area contributed by atoms with Crippen LogP contribution in [0.1, 0.15) is 15.9 Å². The van der Waals surface area contributed by atoms with Gasteiger partial charge >= 0.3 is 6.03 Å². The number of fused-ring (bicyclic) bond motifs is 1. The number of hydrogen-bond donors (Lipinski definition) is 2. The van der Waals surface area contributed by atoms with Crippen molar-refractivity contribution < 1.29 is 27.8 Å². The first-order chi connectivity index (χ1) is 14.5. The predicted molar refractivity (Wildman–Crippen MR) is 104 cm³/mol. The van der Waals surface area contributed by atoms with Crippen LogP contribution in [0.25, 0.3) is 11.0 Å². The number of anilines is 1. The molecule has 0 atom stereocenters. The van der Waals surface area contributed by atoms with Crippen molar-refractivity contribution in [1.29, 1.82) is 0 Å². The molecule has 0 saturated carbocycles. The lowest BCUT2D eigenvalue weighted by Gasteiger charge is -2.27. The SMILES string of the molecule is COc1cnc2[nH]cc(C(=O)c3c(F)ccc(NC(=O)N4CCOCC4)c3F)c2c1. The van der Waals surface area contributed by atoms with Crippen molar-refractivity contribution in [2.75, 3.05) is 38.7 Å². The molecule has 4 rings (SSSR count). The smallest absolute Gasteiger partial charge is 0.322 e. The third kappa shape index (κ3) is 3.57. The number of benzene rings is 1. The summed E-state index contributed by atoms with van der Waals surface area (Å²) in [6, 6.07) is 3.02. The number of aromatic nitrogens is 2. The third-order valence-electron chi connectivity index (χ3n) is 4.84. The zero-order valence-corrected chi connectivity index (χ0v) is 16.0. The zero-order valence-electron chi connectivity index (χ0n) is 16.0. The van der Waals surface area contributed by atoms with Crippen LogP contribution < -0.4 is 10.1 Å². The summed E-state index contributed by atoms with van der Waals surface area (Å²) in [7, 11) is 1.44. The summed E-state index contributed by atoms with van der Waals surface area (Å²) in [5.74, 6) is -2.67. The lowest BCUT2D eigenvalue weighted by atomic mass is 10.0. The van der Waals surface area contributed by atoms with Crippen molar-refractivity contribution in [2.45, 2.75) is 0 Å². The molecular weight excluding hydrogens is 398 g/mol. The van der Waals surface area contributed by atoms with Gasteiger partial charge in [-0.1, -0.05) is 0 Å². The van der Waals surface area contributed by atoms with Crippen molar-refractivity contribution in [1.82, 2.24) is 14.9 Å². The van der Waals surface area contributed by atoms with Gasteiger partial charge in [0.2, 0.25) is 5.78 Å². The average molecular weight is 416 g/mol. The fourth-order valence-corrected chi connectivity index (χ4v) is 3.24. The molecule has 3 aromatic rings. The highest BCUT2D eigenvalue weighted by Gasteiger charge is 2.26. The Morgan fingerprint density at radius 3 is 2.77 bits per heavy atom. The molecule has 1 aliphatic rings. The molecule has 1 aromatic carbocycles. The first-order valence-electron chi connectivity index (χ1n) is 9.17.